The van der Waals surface area contributed by atoms with Crippen molar-refractivity contribution in [3.8, 4) is 0 Å². The zero-order valence-corrected chi connectivity index (χ0v) is 12.1. The van der Waals surface area contributed by atoms with Gasteiger partial charge in [0.25, 0.3) is 5.91 Å². The molecule has 112 valence electrons. The van der Waals surface area contributed by atoms with E-state index < -0.39 is 0 Å². The number of nitrogens with one attached hydrogen (secondary N) is 2. The maximum absolute atomic E-state index is 11.5. The first-order valence-corrected chi connectivity index (χ1v) is 7.32. The first-order valence-electron chi connectivity index (χ1n) is 7.32. The summed E-state index contributed by atoms with van der Waals surface area (Å²) < 4.78 is 4.96. The highest BCUT2D eigenvalue weighted by Crippen LogP contribution is 2.04. The van der Waals surface area contributed by atoms with Crippen molar-refractivity contribution >= 4 is 11.8 Å². The fraction of sp³-hybridized carbons (Fsp3) is 0.600. The maximum Gasteiger partial charge on any atom is 0.287 e. The van der Waals surface area contributed by atoms with Crippen molar-refractivity contribution in [3.05, 3.63) is 24.2 Å². The lowest BCUT2D eigenvalue weighted by atomic mass is 10.1. The Bertz CT molecular complexity index is 388. The predicted molar refractivity (Wildman–Crippen MR) is 77.4 cm³/mol. The topological polar surface area (TPSA) is 71.3 Å². The van der Waals surface area contributed by atoms with Crippen LogP contribution in [0.5, 0.6) is 0 Å². The lowest BCUT2D eigenvalue weighted by Gasteiger charge is -2.06. The molecule has 0 saturated carbocycles. The largest absolute Gasteiger partial charge is 0.459 e. The van der Waals surface area contributed by atoms with E-state index in [2.05, 4.69) is 17.6 Å². The van der Waals surface area contributed by atoms with E-state index in [1.165, 1.54) is 25.5 Å². The maximum atomic E-state index is 11.5. The third kappa shape index (κ3) is 6.97. The fourth-order valence-corrected chi connectivity index (χ4v) is 1.85. The van der Waals surface area contributed by atoms with Crippen LogP contribution in [0, 0.1) is 0 Å². The van der Waals surface area contributed by atoms with E-state index in [9.17, 15) is 9.59 Å². The van der Waals surface area contributed by atoms with E-state index in [0.29, 0.717) is 19.5 Å². The van der Waals surface area contributed by atoms with Crippen molar-refractivity contribution < 1.29 is 14.0 Å². The quantitative estimate of drug-likeness (QED) is 0.647. The van der Waals surface area contributed by atoms with Crippen molar-refractivity contribution in [3.63, 3.8) is 0 Å². The van der Waals surface area contributed by atoms with E-state index in [-0.39, 0.29) is 17.6 Å². The smallest absolute Gasteiger partial charge is 0.287 e. The van der Waals surface area contributed by atoms with Gasteiger partial charge in [-0.15, -0.1) is 0 Å². The zero-order valence-electron chi connectivity index (χ0n) is 12.1. The van der Waals surface area contributed by atoms with E-state index in [1.807, 2.05) is 0 Å². The van der Waals surface area contributed by atoms with Crippen LogP contribution in [0.15, 0.2) is 22.8 Å². The highest BCUT2D eigenvalue weighted by atomic mass is 16.3. The lowest BCUT2D eigenvalue weighted by molar-refractivity contribution is -0.121. The van der Waals surface area contributed by atoms with Crippen LogP contribution in [0.4, 0.5) is 0 Å². The molecule has 1 aromatic rings. The van der Waals surface area contributed by atoms with Crippen LogP contribution in [0.1, 0.15) is 56.0 Å². The van der Waals surface area contributed by atoms with Gasteiger partial charge in [0.15, 0.2) is 5.76 Å². The molecule has 1 heterocycles. The van der Waals surface area contributed by atoms with Gasteiger partial charge < -0.3 is 15.1 Å². The summed E-state index contributed by atoms with van der Waals surface area (Å²) in [5.74, 6) is 0.0739. The molecule has 0 aliphatic carbocycles. The van der Waals surface area contributed by atoms with Crippen LogP contribution in [0.3, 0.4) is 0 Å². The van der Waals surface area contributed by atoms with E-state index in [0.717, 1.165) is 12.8 Å². The van der Waals surface area contributed by atoms with Crippen molar-refractivity contribution in [2.24, 2.45) is 0 Å². The molecular formula is C15H24N2O3. The minimum absolute atomic E-state index is 0.0498. The third-order valence-corrected chi connectivity index (χ3v) is 2.99. The first-order chi connectivity index (χ1) is 9.74. The Balaban J connectivity index is 1.98. The molecule has 0 bridgehead atoms. The number of furan rings is 1. The molecule has 0 aliphatic heterocycles. The molecule has 2 N–H and O–H groups in total. The molecule has 0 atom stereocenters. The summed E-state index contributed by atoms with van der Waals surface area (Å²) in [5, 5.41) is 5.47. The molecule has 2 amide bonds. The van der Waals surface area contributed by atoms with Crippen LogP contribution in [0.2, 0.25) is 0 Å². The van der Waals surface area contributed by atoms with E-state index in [1.54, 1.807) is 12.1 Å². The zero-order chi connectivity index (χ0) is 14.6. The SMILES string of the molecule is CCCCCCCC(=O)NCCNC(=O)c1ccco1. The van der Waals surface area contributed by atoms with Crippen LogP contribution in [-0.4, -0.2) is 24.9 Å². The van der Waals surface area contributed by atoms with Crippen molar-refractivity contribution in [1.29, 1.82) is 0 Å². The van der Waals surface area contributed by atoms with Gasteiger partial charge >= 0.3 is 0 Å². The van der Waals surface area contributed by atoms with Crippen molar-refractivity contribution in [1.82, 2.24) is 10.6 Å². The molecule has 0 aliphatic rings. The predicted octanol–water partition coefficient (Wildman–Crippen LogP) is 2.49. The van der Waals surface area contributed by atoms with Crippen molar-refractivity contribution in [2.75, 3.05) is 13.1 Å². The van der Waals surface area contributed by atoms with Gasteiger partial charge in [-0.05, 0) is 18.6 Å². The van der Waals surface area contributed by atoms with Crippen LogP contribution < -0.4 is 10.6 Å². The van der Waals surface area contributed by atoms with Gasteiger partial charge in [0.05, 0.1) is 6.26 Å². The second-order valence-electron chi connectivity index (χ2n) is 4.75. The average Bonchev–Trinajstić information content (AvgIpc) is 2.97. The van der Waals surface area contributed by atoms with Gasteiger partial charge in [0, 0.05) is 19.5 Å². The highest BCUT2D eigenvalue weighted by Gasteiger charge is 2.07. The van der Waals surface area contributed by atoms with Crippen LogP contribution >= 0.6 is 0 Å². The second kappa shape index (κ2) is 10.1. The Hall–Kier alpha value is -1.78. The number of amides is 2. The van der Waals surface area contributed by atoms with Crippen molar-refractivity contribution in [2.45, 2.75) is 45.4 Å². The van der Waals surface area contributed by atoms with Gasteiger partial charge in [-0.3, -0.25) is 9.59 Å². The molecule has 0 aromatic carbocycles. The molecule has 1 aromatic heterocycles. The first kappa shape index (κ1) is 16.3. The monoisotopic (exact) mass is 280 g/mol. The van der Waals surface area contributed by atoms with Gasteiger partial charge in [-0.1, -0.05) is 32.6 Å². The fourth-order valence-electron chi connectivity index (χ4n) is 1.85. The number of carbonyl (C=O) groups excluding carboxylic acids is 2. The number of unbranched alkanes of at least 4 members (excludes halogenated alkanes) is 4. The van der Waals surface area contributed by atoms with Gasteiger partial charge in [0.2, 0.25) is 5.91 Å². The Morgan fingerprint density at radius 1 is 1.10 bits per heavy atom. The molecule has 5 heteroatoms. The summed E-state index contributed by atoms with van der Waals surface area (Å²) in [5.41, 5.74) is 0. The summed E-state index contributed by atoms with van der Waals surface area (Å²) in [6, 6.07) is 3.26. The molecule has 1 rings (SSSR count). The van der Waals surface area contributed by atoms with E-state index >= 15 is 0 Å². The summed E-state index contributed by atoms with van der Waals surface area (Å²) >= 11 is 0. The lowest BCUT2D eigenvalue weighted by Crippen LogP contribution is -2.34. The summed E-state index contributed by atoms with van der Waals surface area (Å²) in [7, 11) is 0. The average molecular weight is 280 g/mol. The Kier molecular flexibility index (Phi) is 8.19. The van der Waals surface area contributed by atoms with Crippen LogP contribution in [-0.2, 0) is 4.79 Å². The Morgan fingerprint density at radius 3 is 2.55 bits per heavy atom. The summed E-state index contributed by atoms with van der Waals surface area (Å²) in [4.78, 5) is 23.0. The number of carbonyl (C=O) groups is 2. The molecule has 0 fully saturated rings. The molecule has 20 heavy (non-hydrogen) atoms. The Labute approximate surface area is 120 Å². The number of hydrogen-bond donors (Lipinski definition) is 2. The Morgan fingerprint density at radius 2 is 1.85 bits per heavy atom. The molecule has 0 spiro atoms. The number of rotatable bonds is 10. The molecule has 0 radical (unpaired) electrons. The van der Waals surface area contributed by atoms with Gasteiger partial charge in [0.1, 0.15) is 0 Å². The van der Waals surface area contributed by atoms with E-state index in [4.69, 9.17) is 4.42 Å². The minimum atomic E-state index is -0.260. The van der Waals surface area contributed by atoms with Crippen LogP contribution in [0.25, 0.3) is 0 Å². The standard InChI is InChI=1S/C15H24N2O3/c1-2-3-4-5-6-9-14(18)16-10-11-17-15(19)13-8-7-12-20-13/h7-8,12H,2-6,9-11H2,1H3,(H,16,18)(H,17,19). The third-order valence-electron chi connectivity index (χ3n) is 2.99. The normalized spacial score (nSPS) is 10.2. The highest BCUT2D eigenvalue weighted by molar-refractivity contribution is 5.91. The van der Waals surface area contributed by atoms with Gasteiger partial charge in [-0.2, -0.15) is 0 Å². The summed E-state index contributed by atoms with van der Waals surface area (Å²) in [6.07, 6.45) is 7.71. The molecule has 0 unspecified atom stereocenters. The molecule has 0 saturated heterocycles. The van der Waals surface area contributed by atoms with Gasteiger partial charge in [-0.25, -0.2) is 0 Å². The molecule has 5 nitrogen and oxygen atoms in total. The number of hydrogen-bond acceptors (Lipinski definition) is 3. The minimum Gasteiger partial charge on any atom is -0.459 e. The summed E-state index contributed by atoms with van der Waals surface area (Å²) in [6.45, 7) is 3.02. The molecular weight excluding hydrogens is 256 g/mol. The second-order valence-corrected chi connectivity index (χ2v) is 4.75.